The molecule has 0 amide bonds. The van der Waals surface area contributed by atoms with E-state index < -0.39 is 37.0 Å². The number of pyridine rings is 1. The molecule has 0 bridgehead atoms. The molecule has 44 heavy (non-hydrogen) atoms. The first-order valence-corrected chi connectivity index (χ1v) is 19.2. The molecule has 12 heteroatoms. The minimum Gasteiger partial charge on any atom is -0.450 e. The summed E-state index contributed by atoms with van der Waals surface area (Å²) in [5, 5.41) is 9.59. The van der Waals surface area contributed by atoms with Crippen molar-refractivity contribution in [3.63, 3.8) is 0 Å². The van der Waals surface area contributed by atoms with Crippen molar-refractivity contribution in [1.29, 1.82) is 0 Å². The van der Waals surface area contributed by atoms with Crippen LogP contribution < -0.4 is 4.74 Å². The zero-order valence-corrected chi connectivity index (χ0v) is 27.1. The lowest BCUT2D eigenvalue weighted by Gasteiger charge is -2.43. The van der Waals surface area contributed by atoms with Crippen LogP contribution in [0.15, 0.2) is 30.6 Å². The van der Waals surface area contributed by atoms with Crippen LogP contribution in [-0.4, -0.2) is 47.0 Å². The Morgan fingerprint density at radius 3 is 2.34 bits per heavy atom. The van der Waals surface area contributed by atoms with Gasteiger partial charge in [0, 0.05) is 40.1 Å². The highest BCUT2D eigenvalue weighted by atomic mass is 32.1. The fourth-order valence-electron chi connectivity index (χ4n) is 5.82. The number of hydrogen-bond acceptors (Lipinski definition) is 5. The van der Waals surface area contributed by atoms with Crippen LogP contribution in [0, 0.1) is 17.0 Å². The number of ether oxygens (including phenoxy) is 2. The largest absolute Gasteiger partial charge is 0.450 e. The number of aliphatic hydroxyl groups is 1. The Morgan fingerprint density at radius 2 is 1.80 bits per heavy atom. The maximum Gasteiger partial charge on any atom is 0.398 e. The Morgan fingerprint density at radius 1 is 1.11 bits per heavy atom. The average molecular weight is 655 g/mol. The normalized spacial score (nSPS) is 17.5. The van der Waals surface area contributed by atoms with E-state index in [1.807, 2.05) is 0 Å². The molecule has 5 nitrogen and oxygen atoms in total. The average Bonchev–Trinajstić information content (AvgIpc) is 3.60. The molecule has 240 valence electrons. The molecule has 0 aliphatic heterocycles. The summed E-state index contributed by atoms with van der Waals surface area (Å²) in [5.74, 6) is -2.77. The van der Waals surface area contributed by atoms with Gasteiger partial charge in [-0.1, -0.05) is 38.3 Å². The van der Waals surface area contributed by atoms with Gasteiger partial charge >= 0.3 is 6.18 Å². The van der Waals surface area contributed by atoms with Gasteiger partial charge in [-0.05, 0) is 84.2 Å². The van der Waals surface area contributed by atoms with E-state index in [2.05, 4.69) is 24.6 Å². The van der Waals surface area contributed by atoms with Gasteiger partial charge in [0.2, 0.25) is 0 Å². The zero-order valence-electron chi connectivity index (χ0n) is 25.3. The molecule has 2 aliphatic rings. The number of thiocarbonyl (C=S) groups is 1. The van der Waals surface area contributed by atoms with Crippen LogP contribution in [0.5, 0.6) is 11.5 Å². The van der Waals surface area contributed by atoms with Crippen LogP contribution in [0.25, 0.3) is 11.0 Å². The highest BCUT2D eigenvalue weighted by molar-refractivity contribution is 7.80. The molecule has 0 radical (unpaired) electrons. The van der Waals surface area contributed by atoms with Gasteiger partial charge in [-0.2, -0.15) is 13.2 Å². The van der Waals surface area contributed by atoms with Crippen LogP contribution in [0.3, 0.4) is 0 Å². The highest BCUT2D eigenvalue weighted by Gasteiger charge is 2.60. The first-order valence-electron chi connectivity index (χ1n) is 15.1. The number of aromatic nitrogens is 2. The van der Waals surface area contributed by atoms with E-state index in [-0.39, 0.29) is 60.4 Å². The van der Waals surface area contributed by atoms with E-state index in [1.165, 1.54) is 23.0 Å². The number of aliphatic hydroxyl groups excluding tert-OH is 1. The maximum absolute atomic E-state index is 15.3. The summed E-state index contributed by atoms with van der Waals surface area (Å²) in [5.41, 5.74) is -1.68. The molecule has 2 aliphatic carbocycles. The van der Waals surface area contributed by atoms with Gasteiger partial charge in [0.05, 0.1) is 10.8 Å². The predicted octanol–water partition coefficient (Wildman–Crippen LogP) is 8.87. The number of benzene rings is 1. The standard InChI is InChI=1S/C32H39F5N2O3SSi/c1-44(2,3)14-13-41-20-39-18-23(31(7-4-8-31)32(35,36)37)27-26(6-12-38-29(27)39)42-28-24(33)16-21(17-25(28)34)15-22(43)5-9-30(19-40)10-11-30/h6,12,16-18,40H,4-5,7-11,13-15,19-20H2,1-3H3. The molecule has 0 unspecified atom stereocenters. The number of halogens is 5. The molecule has 2 saturated carbocycles. The van der Waals surface area contributed by atoms with Gasteiger partial charge in [0.15, 0.2) is 17.4 Å². The van der Waals surface area contributed by atoms with Gasteiger partial charge in [0.1, 0.15) is 18.1 Å². The second-order valence-corrected chi connectivity index (χ2v) is 19.9. The van der Waals surface area contributed by atoms with Crippen LogP contribution in [-0.2, 0) is 23.3 Å². The Balaban J connectivity index is 1.44. The quantitative estimate of drug-likeness (QED) is 0.0815. The fourth-order valence-corrected chi connectivity index (χ4v) is 6.84. The Kier molecular flexibility index (Phi) is 9.30. The molecular weight excluding hydrogens is 616 g/mol. The molecule has 0 atom stereocenters. The first kappa shape index (κ1) is 33.0. The summed E-state index contributed by atoms with van der Waals surface area (Å²) in [6.07, 6.45) is 1.80. The Bertz CT molecular complexity index is 1500. The van der Waals surface area contributed by atoms with E-state index in [1.54, 1.807) is 0 Å². The summed E-state index contributed by atoms with van der Waals surface area (Å²) in [6.45, 7) is 7.16. The third-order valence-electron chi connectivity index (χ3n) is 9.11. The Labute approximate surface area is 260 Å². The lowest BCUT2D eigenvalue weighted by atomic mass is 9.64. The number of alkyl halides is 3. The second-order valence-electron chi connectivity index (χ2n) is 13.7. The molecular formula is C32H39F5N2O3SSi. The minimum absolute atomic E-state index is 0.0118. The number of fused-ring (bicyclic) bond motifs is 1. The van der Waals surface area contributed by atoms with Gasteiger partial charge in [-0.15, -0.1) is 0 Å². The maximum atomic E-state index is 15.3. The predicted molar refractivity (Wildman–Crippen MR) is 166 cm³/mol. The third-order valence-corrected chi connectivity index (χ3v) is 11.2. The lowest BCUT2D eigenvalue weighted by molar-refractivity contribution is -0.212. The van der Waals surface area contributed by atoms with Gasteiger partial charge in [0.25, 0.3) is 0 Å². The van der Waals surface area contributed by atoms with Crippen LogP contribution >= 0.6 is 12.2 Å². The van der Waals surface area contributed by atoms with Crippen LogP contribution in [0.2, 0.25) is 25.7 Å². The van der Waals surface area contributed by atoms with Crippen LogP contribution in [0.4, 0.5) is 22.0 Å². The number of hydrogen-bond donors (Lipinski definition) is 1. The lowest BCUT2D eigenvalue weighted by Crippen LogP contribution is -2.47. The third kappa shape index (κ3) is 6.88. The smallest absolute Gasteiger partial charge is 0.398 e. The number of nitrogens with zero attached hydrogens (tertiary/aromatic N) is 2. The topological polar surface area (TPSA) is 56.5 Å². The zero-order chi connectivity index (χ0) is 31.9. The van der Waals surface area contributed by atoms with Crippen molar-refractivity contribution >= 4 is 36.2 Å². The molecule has 1 aromatic carbocycles. The molecule has 1 N–H and O–H groups in total. The van der Waals surface area contributed by atoms with E-state index in [4.69, 9.17) is 21.7 Å². The molecule has 2 fully saturated rings. The van der Waals surface area contributed by atoms with Gasteiger partial charge in [-0.3, -0.25) is 0 Å². The molecule has 2 heterocycles. The SMILES string of the molecule is C[Si](C)(C)CCOCn1cc(C2(C(F)(F)F)CCC2)c2c(Oc3c(F)cc(CC(=S)CCC4(CO)CC4)cc3F)ccnc21. The molecule has 0 spiro atoms. The van der Waals surface area contributed by atoms with Crippen molar-refractivity contribution in [3.05, 3.63) is 53.4 Å². The number of rotatable bonds is 14. The molecule has 0 saturated heterocycles. The van der Waals surface area contributed by atoms with Crippen molar-refractivity contribution in [1.82, 2.24) is 9.55 Å². The van der Waals surface area contributed by atoms with Crippen molar-refractivity contribution in [2.75, 3.05) is 13.2 Å². The first-order chi connectivity index (χ1) is 20.7. The van der Waals surface area contributed by atoms with Crippen molar-refractivity contribution in [3.8, 4) is 11.5 Å². The summed E-state index contributed by atoms with van der Waals surface area (Å²) in [7, 11) is -1.39. The van der Waals surface area contributed by atoms with Crippen molar-refractivity contribution in [2.24, 2.45) is 5.41 Å². The van der Waals surface area contributed by atoms with Crippen molar-refractivity contribution in [2.45, 2.75) is 95.4 Å². The van der Waals surface area contributed by atoms with Gasteiger partial charge < -0.3 is 19.1 Å². The molecule has 3 aromatic rings. The summed E-state index contributed by atoms with van der Waals surface area (Å²) in [6, 6.07) is 4.51. The van der Waals surface area contributed by atoms with Crippen molar-refractivity contribution < 1.29 is 36.5 Å². The van der Waals surface area contributed by atoms with E-state index in [9.17, 15) is 18.3 Å². The molecule has 5 rings (SSSR count). The summed E-state index contributed by atoms with van der Waals surface area (Å²) >= 11 is 5.44. The molecule has 2 aromatic heterocycles. The monoisotopic (exact) mass is 654 g/mol. The van der Waals surface area contributed by atoms with Crippen LogP contribution in [0.1, 0.15) is 56.1 Å². The highest BCUT2D eigenvalue weighted by Crippen LogP contribution is 2.57. The summed E-state index contributed by atoms with van der Waals surface area (Å²) < 4.78 is 87.5. The minimum atomic E-state index is -4.54. The van der Waals surface area contributed by atoms with Gasteiger partial charge in [-0.25, -0.2) is 13.8 Å². The van der Waals surface area contributed by atoms with E-state index in [0.29, 0.717) is 29.9 Å². The Hall–Kier alpha value is -2.41. The second kappa shape index (κ2) is 12.4. The van der Waals surface area contributed by atoms with E-state index in [0.717, 1.165) is 37.4 Å². The summed E-state index contributed by atoms with van der Waals surface area (Å²) in [4.78, 5) is 4.98. The fraction of sp³-hybridized carbons (Fsp3) is 0.562. The van der Waals surface area contributed by atoms with E-state index >= 15 is 8.78 Å².